The van der Waals surface area contributed by atoms with Crippen molar-refractivity contribution in [2.24, 2.45) is 0 Å². The highest BCUT2D eigenvalue weighted by Gasteiger charge is 1.89. The van der Waals surface area contributed by atoms with E-state index in [0.717, 1.165) is 11.1 Å². The summed E-state index contributed by atoms with van der Waals surface area (Å²) in [6.45, 7) is 9.91. The van der Waals surface area contributed by atoms with Gasteiger partial charge in [0.15, 0.2) is 0 Å². The number of allylic oxidation sites excluding steroid dienone is 3. The lowest BCUT2D eigenvalue weighted by Crippen LogP contribution is -1.78. The molecule has 1 aromatic rings. The van der Waals surface area contributed by atoms with Crippen LogP contribution in [-0.2, 0) is 0 Å². The highest BCUT2D eigenvalue weighted by atomic mass is 13.9. The Bertz CT molecular complexity index is 429. The number of benzene rings is 1. The topological polar surface area (TPSA) is 0 Å². The highest BCUT2D eigenvalue weighted by Crippen LogP contribution is 2.04. The van der Waals surface area contributed by atoms with Crippen LogP contribution in [0.3, 0.4) is 0 Å². The second-order valence-electron chi connectivity index (χ2n) is 3.73. The van der Waals surface area contributed by atoms with Gasteiger partial charge in [0.05, 0.1) is 0 Å². The van der Waals surface area contributed by atoms with Gasteiger partial charge in [-0.3, -0.25) is 0 Å². The van der Waals surface area contributed by atoms with E-state index in [-0.39, 0.29) is 0 Å². The molecule has 0 aliphatic carbocycles. The van der Waals surface area contributed by atoms with Crippen LogP contribution < -0.4 is 0 Å². The zero-order valence-electron chi connectivity index (χ0n) is 9.59. The van der Waals surface area contributed by atoms with E-state index in [2.05, 4.69) is 37.5 Å². The molecule has 0 bridgehead atoms. The van der Waals surface area contributed by atoms with Gasteiger partial charge in [0.25, 0.3) is 0 Å². The van der Waals surface area contributed by atoms with Gasteiger partial charge >= 0.3 is 0 Å². The number of hydrogen-bond donors (Lipinski definition) is 0. The van der Waals surface area contributed by atoms with Gasteiger partial charge in [0, 0.05) is 11.1 Å². The van der Waals surface area contributed by atoms with Crippen LogP contribution in [-0.4, -0.2) is 0 Å². The first-order valence-electron chi connectivity index (χ1n) is 5.02. The lowest BCUT2D eigenvalue weighted by atomic mass is 10.1. The van der Waals surface area contributed by atoms with E-state index in [9.17, 15) is 0 Å². The average molecular weight is 196 g/mol. The fraction of sp³-hybridized carbons (Fsp3) is 0.200. The summed E-state index contributed by atoms with van der Waals surface area (Å²) in [5, 5.41) is 0. The second-order valence-corrected chi connectivity index (χ2v) is 3.73. The molecule has 0 N–H and O–H groups in total. The molecule has 0 radical (unpaired) electrons. The van der Waals surface area contributed by atoms with Crippen LogP contribution in [0.4, 0.5) is 0 Å². The van der Waals surface area contributed by atoms with Gasteiger partial charge < -0.3 is 0 Å². The monoisotopic (exact) mass is 196 g/mol. The SMILES string of the molecule is C=CC(C#Cc1ccc(C)cc1)=C(C)C. The van der Waals surface area contributed by atoms with Gasteiger partial charge in [0.2, 0.25) is 0 Å². The Balaban J connectivity index is 2.96. The predicted molar refractivity (Wildman–Crippen MR) is 66.6 cm³/mol. The molecule has 0 heterocycles. The molecule has 0 aliphatic heterocycles. The average Bonchev–Trinajstić information content (AvgIpc) is 2.21. The van der Waals surface area contributed by atoms with Crippen molar-refractivity contribution in [3.63, 3.8) is 0 Å². The van der Waals surface area contributed by atoms with Crippen molar-refractivity contribution in [2.75, 3.05) is 0 Å². The maximum Gasteiger partial charge on any atom is 0.0249 e. The van der Waals surface area contributed by atoms with Crippen molar-refractivity contribution in [3.8, 4) is 11.8 Å². The fourth-order valence-corrected chi connectivity index (χ4v) is 1.16. The van der Waals surface area contributed by atoms with E-state index in [0.29, 0.717) is 0 Å². The Labute approximate surface area is 92.3 Å². The van der Waals surface area contributed by atoms with E-state index in [1.54, 1.807) is 6.08 Å². The Morgan fingerprint density at radius 3 is 2.27 bits per heavy atom. The van der Waals surface area contributed by atoms with Gasteiger partial charge in [-0.1, -0.05) is 47.8 Å². The molecule has 0 atom stereocenters. The molecule has 76 valence electrons. The van der Waals surface area contributed by atoms with E-state index in [4.69, 9.17) is 0 Å². The predicted octanol–water partition coefficient (Wildman–Crippen LogP) is 3.87. The molecule has 0 fully saturated rings. The fourth-order valence-electron chi connectivity index (χ4n) is 1.16. The van der Waals surface area contributed by atoms with Gasteiger partial charge in [-0.25, -0.2) is 0 Å². The summed E-state index contributed by atoms with van der Waals surface area (Å²) in [6, 6.07) is 8.21. The third kappa shape index (κ3) is 3.48. The van der Waals surface area contributed by atoms with Gasteiger partial charge in [-0.15, -0.1) is 0 Å². The lowest BCUT2D eigenvalue weighted by Gasteiger charge is -1.94. The maximum atomic E-state index is 3.75. The molecular formula is C15H16. The minimum atomic E-state index is 1.01. The normalized spacial score (nSPS) is 8.73. The molecule has 0 saturated heterocycles. The van der Waals surface area contributed by atoms with Crippen LogP contribution >= 0.6 is 0 Å². The summed E-state index contributed by atoms with van der Waals surface area (Å²) in [7, 11) is 0. The quantitative estimate of drug-likeness (QED) is 0.472. The van der Waals surface area contributed by atoms with Crippen LogP contribution in [0.15, 0.2) is 48.1 Å². The summed E-state index contributed by atoms with van der Waals surface area (Å²) in [5.41, 5.74) is 4.51. The first-order valence-corrected chi connectivity index (χ1v) is 5.02. The molecule has 0 aliphatic rings. The number of aryl methyl sites for hydroxylation is 1. The molecule has 0 unspecified atom stereocenters. The molecule has 0 nitrogen and oxygen atoms in total. The Hall–Kier alpha value is -1.74. The van der Waals surface area contributed by atoms with Gasteiger partial charge in [-0.2, -0.15) is 0 Å². The van der Waals surface area contributed by atoms with Crippen LogP contribution in [0, 0.1) is 18.8 Å². The molecule has 15 heavy (non-hydrogen) atoms. The first-order chi connectivity index (χ1) is 7.13. The van der Waals surface area contributed by atoms with Gasteiger partial charge in [-0.05, 0) is 32.9 Å². The molecule has 0 saturated carbocycles. The van der Waals surface area contributed by atoms with Crippen molar-refractivity contribution in [3.05, 3.63) is 59.2 Å². The third-order valence-electron chi connectivity index (χ3n) is 2.14. The summed E-state index contributed by atoms with van der Waals surface area (Å²) >= 11 is 0. The molecule has 0 spiro atoms. The van der Waals surface area contributed by atoms with Crippen molar-refractivity contribution < 1.29 is 0 Å². The summed E-state index contributed by atoms with van der Waals surface area (Å²) in [5.74, 6) is 6.24. The summed E-state index contributed by atoms with van der Waals surface area (Å²) < 4.78 is 0. The molecule has 0 heteroatoms. The van der Waals surface area contributed by atoms with E-state index >= 15 is 0 Å². The minimum absolute atomic E-state index is 1.01. The summed E-state index contributed by atoms with van der Waals surface area (Å²) in [6.07, 6.45) is 1.80. The molecule has 0 aromatic heterocycles. The Morgan fingerprint density at radius 2 is 1.80 bits per heavy atom. The van der Waals surface area contributed by atoms with Crippen LogP contribution in [0.2, 0.25) is 0 Å². The highest BCUT2D eigenvalue weighted by molar-refractivity contribution is 5.46. The third-order valence-corrected chi connectivity index (χ3v) is 2.14. The van der Waals surface area contributed by atoms with E-state index in [1.807, 2.05) is 26.0 Å². The Kier molecular flexibility index (Phi) is 3.94. The van der Waals surface area contributed by atoms with Crippen molar-refractivity contribution in [1.82, 2.24) is 0 Å². The molecule has 0 amide bonds. The largest absolute Gasteiger partial charge is 0.0978 e. The van der Waals surface area contributed by atoms with E-state index in [1.165, 1.54) is 11.1 Å². The van der Waals surface area contributed by atoms with Crippen molar-refractivity contribution in [2.45, 2.75) is 20.8 Å². The van der Waals surface area contributed by atoms with Crippen molar-refractivity contribution in [1.29, 1.82) is 0 Å². The van der Waals surface area contributed by atoms with Gasteiger partial charge in [0.1, 0.15) is 0 Å². The van der Waals surface area contributed by atoms with E-state index < -0.39 is 0 Å². The van der Waals surface area contributed by atoms with Crippen LogP contribution in [0.25, 0.3) is 0 Å². The molecular weight excluding hydrogens is 180 g/mol. The molecule has 1 aromatic carbocycles. The zero-order valence-corrected chi connectivity index (χ0v) is 9.59. The maximum absolute atomic E-state index is 3.75. The number of rotatable bonds is 1. The van der Waals surface area contributed by atoms with Crippen LogP contribution in [0.1, 0.15) is 25.0 Å². The van der Waals surface area contributed by atoms with Crippen LogP contribution in [0.5, 0.6) is 0 Å². The lowest BCUT2D eigenvalue weighted by molar-refractivity contribution is 1.36. The second kappa shape index (κ2) is 5.22. The first kappa shape index (κ1) is 11.3. The minimum Gasteiger partial charge on any atom is -0.0978 e. The summed E-state index contributed by atoms with van der Waals surface area (Å²) in [4.78, 5) is 0. The standard InChI is InChI=1S/C15H16/c1-5-15(12(2)3)11-10-14-8-6-13(4)7-9-14/h5-9H,1H2,2-4H3. The Morgan fingerprint density at radius 1 is 1.20 bits per heavy atom. The van der Waals surface area contributed by atoms with Crippen molar-refractivity contribution >= 4 is 0 Å². The zero-order chi connectivity index (χ0) is 11.3. The number of hydrogen-bond acceptors (Lipinski definition) is 0. The smallest absolute Gasteiger partial charge is 0.0249 e. The molecule has 1 rings (SSSR count).